The van der Waals surface area contributed by atoms with E-state index in [-0.39, 0.29) is 0 Å². The van der Waals surface area contributed by atoms with E-state index < -0.39 is 11.9 Å². The molecule has 2 N–H and O–H groups in total. The first-order chi connectivity index (χ1) is 9.97. The van der Waals surface area contributed by atoms with Crippen molar-refractivity contribution in [1.82, 2.24) is 0 Å². The molecule has 0 aromatic heterocycles. The lowest BCUT2D eigenvalue weighted by Crippen LogP contribution is -2.15. The number of hydrogen-bond acceptors (Lipinski definition) is 3. The van der Waals surface area contributed by atoms with Gasteiger partial charge in [-0.05, 0) is 40.2 Å². The molecule has 0 amide bonds. The Hall–Kier alpha value is -1.30. The van der Waals surface area contributed by atoms with Crippen molar-refractivity contribution in [3.63, 3.8) is 0 Å². The highest BCUT2D eigenvalue weighted by molar-refractivity contribution is 9.10. The fourth-order valence-corrected chi connectivity index (χ4v) is 2.51. The van der Waals surface area contributed by atoms with E-state index in [9.17, 15) is 4.39 Å². The Labute approximate surface area is 135 Å². The van der Waals surface area contributed by atoms with Crippen LogP contribution in [0.1, 0.15) is 17.2 Å². The fourth-order valence-electron chi connectivity index (χ4n) is 2.02. The largest absolute Gasteiger partial charge is 0.497 e. The smallest absolute Gasteiger partial charge is 0.129 e. The van der Waals surface area contributed by atoms with Gasteiger partial charge in [0.15, 0.2) is 0 Å². The first kappa shape index (κ1) is 16.1. The predicted molar refractivity (Wildman–Crippen MR) is 84.7 cm³/mol. The molecule has 0 aliphatic rings. The zero-order valence-corrected chi connectivity index (χ0v) is 13.8. The van der Waals surface area contributed by atoms with Crippen molar-refractivity contribution >= 4 is 27.5 Å². The van der Waals surface area contributed by atoms with Crippen molar-refractivity contribution in [2.24, 2.45) is 5.73 Å². The normalized spacial score (nSPS) is 12.1. The lowest BCUT2D eigenvalue weighted by atomic mass is 9.98. The number of halogens is 3. The summed E-state index contributed by atoms with van der Waals surface area (Å²) in [6.07, 6.45) is 0. The van der Waals surface area contributed by atoms with Crippen LogP contribution in [0, 0.1) is 5.82 Å². The highest BCUT2D eigenvalue weighted by Gasteiger charge is 2.19. The number of hydrogen-bond donors (Lipinski definition) is 1. The molecule has 0 saturated heterocycles. The van der Waals surface area contributed by atoms with Crippen LogP contribution in [0.25, 0.3) is 0 Å². The van der Waals surface area contributed by atoms with Crippen LogP contribution < -0.4 is 15.2 Å². The number of ether oxygens (including phenoxy) is 2. The van der Waals surface area contributed by atoms with E-state index in [0.29, 0.717) is 32.1 Å². The van der Waals surface area contributed by atoms with E-state index in [1.165, 1.54) is 19.2 Å². The Balaban J connectivity index is 2.49. The molecule has 112 valence electrons. The second-order valence-corrected chi connectivity index (χ2v) is 5.63. The van der Waals surface area contributed by atoms with Gasteiger partial charge >= 0.3 is 0 Å². The number of rotatable bonds is 4. The SMILES string of the molecule is COc1ccc(C(N)c2cc(Cl)c(Br)cc2F)c(OC)c1. The van der Waals surface area contributed by atoms with Gasteiger partial charge < -0.3 is 15.2 Å². The van der Waals surface area contributed by atoms with Crippen molar-refractivity contribution < 1.29 is 13.9 Å². The summed E-state index contributed by atoms with van der Waals surface area (Å²) in [5.41, 5.74) is 7.12. The summed E-state index contributed by atoms with van der Waals surface area (Å²) in [6.45, 7) is 0. The van der Waals surface area contributed by atoms with Gasteiger partial charge in [0.1, 0.15) is 17.3 Å². The second kappa shape index (κ2) is 6.64. The van der Waals surface area contributed by atoms with Crippen molar-refractivity contribution in [1.29, 1.82) is 0 Å². The minimum absolute atomic E-state index is 0.298. The molecule has 0 spiro atoms. The number of benzene rings is 2. The quantitative estimate of drug-likeness (QED) is 0.811. The van der Waals surface area contributed by atoms with Crippen molar-refractivity contribution in [3.05, 3.63) is 56.8 Å². The predicted octanol–water partition coefficient (Wildman–Crippen LogP) is 4.31. The zero-order valence-electron chi connectivity index (χ0n) is 11.5. The van der Waals surface area contributed by atoms with Gasteiger partial charge in [-0.1, -0.05) is 11.6 Å². The maximum Gasteiger partial charge on any atom is 0.129 e. The molecule has 0 bridgehead atoms. The van der Waals surface area contributed by atoms with Gasteiger partial charge in [0.05, 0.1) is 25.3 Å². The molecule has 1 atom stereocenters. The van der Waals surface area contributed by atoms with E-state index in [1.54, 1.807) is 25.3 Å². The molecule has 6 heteroatoms. The van der Waals surface area contributed by atoms with E-state index in [2.05, 4.69) is 15.9 Å². The van der Waals surface area contributed by atoms with Crippen LogP contribution in [0.2, 0.25) is 5.02 Å². The fraction of sp³-hybridized carbons (Fsp3) is 0.200. The van der Waals surface area contributed by atoms with Gasteiger partial charge in [-0.25, -0.2) is 4.39 Å². The third-order valence-corrected chi connectivity index (χ3v) is 4.35. The van der Waals surface area contributed by atoms with Crippen molar-refractivity contribution in [3.8, 4) is 11.5 Å². The Morgan fingerprint density at radius 2 is 1.86 bits per heavy atom. The second-order valence-electron chi connectivity index (χ2n) is 4.37. The molecule has 21 heavy (non-hydrogen) atoms. The van der Waals surface area contributed by atoms with Crippen LogP contribution in [0.5, 0.6) is 11.5 Å². The summed E-state index contributed by atoms with van der Waals surface area (Å²) < 4.78 is 25.0. The van der Waals surface area contributed by atoms with Gasteiger partial charge in [-0.3, -0.25) is 0 Å². The molecule has 2 aromatic rings. The Morgan fingerprint density at radius 3 is 2.48 bits per heavy atom. The topological polar surface area (TPSA) is 44.5 Å². The molecule has 0 heterocycles. The first-order valence-electron chi connectivity index (χ1n) is 6.10. The van der Waals surface area contributed by atoms with Gasteiger partial charge in [-0.15, -0.1) is 0 Å². The van der Waals surface area contributed by atoms with Gasteiger partial charge in [0.2, 0.25) is 0 Å². The molecule has 3 nitrogen and oxygen atoms in total. The van der Waals surface area contributed by atoms with Gasteiger partial charge in [0.25, 0.3) is 0 Å². The van der Waals surface area contributed by atoms with E-state index >= 15 is 0 Å². The highest BCUT2D eigenvalue weighted by Crippen LogP contribution is 2.35. The van der Waals surface area contributed by atoms with Crippen molar-refractivity contribution in [2.75, 3.05) is 14.2 Å². The zero-order chi connectivity index (χ0) is 15.6. The molecule has 0 aliphatic carbocycles. The van der Waals surface area contributed by atoms with Crippen LogP contribution in [0.3, 0.4) is 0 Å². The van der Waals surface area contributed by atoms with E-state index in [4.69, 9.17) is 26.8 Å². The summed E-state index contributed by atoms with van der Waals surface area (Å²) in [6, 6.07) is 7.31. The van der Waals surface area contributed by atoms with E-state index in [0.717, 1.165) is 0 Å². The summed E-state index contributed by atoms with van der Waals surface area (Å²) in [5.74, 6) is 0.731. The molecule has 1 unspecified atom stereocenters. The van der Waals surface area contributed by atoms with E-state index in [1.807, 2.05) is 0 Å². The maximum absolute atomic E-state index is 14.1. The number of methoxy groups -OCH3 is 2. The average Bonchev–Trinajstić information content (AvgIpc) is 2.49. The lowest BCUT2D eigenvalue weighted by molar-refractivity contribution is 0.389. The molecule has 0 fully saturated rings. The Kier molecular flexibility index (Phi) is 5.08. The third-order valence-electron chi connectivity index (χ3n) is 3.15. The lowest BCUT2D eigenvalue weighted by Gasteiger charge is -2.18. The molecular formula is C15H14BrClFNO2. The minimum Gasteiger partial charge on any atom is -0.497 e. The standard InChI is InChI=1S/C15H14BrClFNO2/c1-20-8-3-4-9(14(5-8)21-2)15(19)10-6-12(17)11(16)7-13(10)18/h3-7,15H,19H2,1-2H3. The third kappa shape index (κ3) is 3.31. The van der Waals surface area contributed by atoms with Crippen molar-refractivity contribution in [2.45, 2.75) is 6.04 Å². The molecule has 2 rings (SSSR count). The van der Waals surface area contributed by atoms with Crippen LogP contribution in [-0.4, -0.2) is 14.2 Å². The Morgan fingerprint density at radius 1 is 1.14 bits per heavy atom. The van der Waals surface area contributed by atoms with Crippen LogP contribution in [-0.2, 0) is 0 Å². The average molecular weight is 375 g/mol. The number of nitrogens with two attached hydrogens (primary N) is 1. The monoisotopic (exact) mass is 373 g/mol. The minimum atomic E-state index is -0.698. The highest BCUT2D eigenvalue weighted by atomic mass is 79.9. The maximum atomic E-state index is 14.1. The van der Waals surface area contributed by atoms with Gasteiger partial charge in [0, 0.05) is 21.7 Å². The Bertz CT molecular complexity index is 666. The summed E-state index contributed by atoms with van der Waals surface area (Å²) in [4.78, 5) is 0. The molecule has 2 aromatic carbocycles. The molecule has 0 radical (unpaired) electrons. The van der Waals surface area contributed by atoms with Crippen LogP contribution in [0.4, 0.5) is 4.39 Å². The summed E-state index contributed by atoms with van der Waals surface area (Å²) >= 11 is 9.20. The van der Waals surface area contributed by atoms with Crippen LogP contribution >= 0.6 is 27.5 Å². The summed E-state index contributed by atoms with van der Waals surface area (Å²) in [5, 5.41) is 0.398. The first-order valence-corrected chi connectivity index (χ1v) is 7.27. The van der Waals surface area contributed by atoms with Gasteiger partial charge in [-0.2, -0.15) is 0 Å². The molecule has 0 saturated carbocycles. The molecule has 0 aliphatic heterocycles. The molecular weight excluding hydrogens is 361 g/mol. The van der Waals surface area contributed by atoms with Crippen LogP contribution in [0.15, 0.2) is 34.8 Å². The summed E-state index contributed by atoms with van der Waals surface area (Å²) in [7, 11) is 3.08.